The van der Waals surface area contributed by atoms with Crippen molar-refractivity contribution in [3.05, 3.63) is 86.5 Å². The molecule has 0 aliphatic carbocycles. The third-order valence-corrected chi connectivity index (χ3v) is 7.87. The number of amides is 1. The molecule has 216 valence electrons. The minimum atomic E-state index is -4.50. The maximum atomic E-state index is 13.5. The van der Waals surface area contributed by atoms with Crippen molar-refractivity contribution in [1.29, 1.82) is 5.26 Å². The van der Waals surface area contributed by atoms with E-state index in [9.17, 15) is 23.2 Å². The van der Waals surface area contributed by atoms with Gasteiger partial charge in [0.1, 0.15) is 11.6 Å². The van der Waals surface area contributed by atoms with Gasteiger partial charge in [-0.25, -0.2) is 4.68 Å². The van der Waals surface area contributed by atoms with E-state index in [0.29, 0.717) is 46.5 Å². The first-order chi connectivity index (χ1) is 19.1. The van der Waals surface area contributed by atoms with Crippen LogP contribution in [0.4, 0.5) is 19.0 Å². The SMILES string of the molecule is CC1=C(c2cccc(C(F)(F)F)c2)n2ncc(C#N)c2N(C(=O)CN2CCN(Cc3c(Cl)cccc3Cl)CC2)C1.Cl. The van der Waals surface area contributed by atoms with Gasteiger partial charge in [-0.15, -0.1) is 12.4 Å². The van der Waals surface area contributed by atoms with Crippen LogP contribution in [-0.4, -0.2) is 64.8 Å². The van der Waals surface area contributed by atoms with E-state index in [0.717, 1.165) is 30.8 Å². The zero-order valence-corrected chi connectivity index (χ0v) is 24.3. The zero-order valence-electron chi connectivity index (χ0n) is 22.0. The van der Waals surface area contributed by atoms with Crippen LogP contribution in [0.15, 0.2) is 54.2 Å². The smallest absolute Gasteiger partial charge is 0.296 e. The summed E-state index contributed by atoms with van der Waals surface area (Å²) in [5.41, 5.74) is 1.66. The maximum Gasteiger partial charge on any atom is 0.416 e. The molecule has 1 saturated heterocycles. The number of fused-ring (bicyclic) bond motifs is 1. The number of alkyl halides is 3. The Bertz CT molecular complexity index is 1500. The van der Waals surface area contributed by atoms with E-state index in [2.05, 4.69) is 16.1 Å². The van der Waals surface area contributed by atoms with Gasteiger partial charge < -0.3 is 0 Å². The number of hydrogen-bond acceptors (Lipinski definition) is 5. The van der Waals surface area contributed by atoms with Crippen LogP contribution >= 0.6 is 35.6 Å². The number of piperazine rings is 1. The van der Waals surface area contributed by atoms with E-state index < -0.39 is 11.7 Å². The molecule has 3 heterocycles. The van der Waals surface area contributed by atoms with Crippen LogP contribution in [0.3, 0.4) is 0 Å². The number of nitriles is 1. The highest BCUT2D eigenvalue weighted by Gasteiger charge is 2.34. The molecule has 41 heavy (non-hydrogen) atoms. The minimum absolute atomic E-state index is 0. The average molecular weight is 626 g/mol. The molecule has 0 atom stereocenters. The summed E-state index contributed by atoms with van der Waals surface area (Å²) in [6.07, 6.45) is -3.17. The summed E-state index contributed by atoms with van der Waals surface area (Å²) in [4.78, 5) is 19.3. The molecule has 1 fully saturated rings. The van der Waals surface area contributed by atoms with Gasteiger partial charge in [0.2, 0.25) is 5.91 Å². The van der Waals surface area contributed by atoms with Gasteiger partial charge in [0, 0.05) is 53.9 Å². The molecule has 2 aromatic carbocycles. The molecule has 0 bridgehead atoms. The molecule has 0 saturated carbocycles. The predicted octanol–water partition coefficient (Wildman–Crippen LogP) is 5.95. The summed E-state index contributed by atoms with van der Waals surface area (Å²) in [7, 11) is 0. The van der Waals surface area contributed by atoms with E-state index in [1.807, 2.05) is 23.1 Å². The summed E-state index contributed by atoms with van der Waals surface area (Å²) in [5.74, 6) is 0.0424. The molecule has 13 heteroatoms. The number of aromatic nitrogens is 2. The Kier molecular flexibility index (Phi) is 9.36. The second-order valence-electron chi connectivity index (χ2n) is 9.85. The van der Waals surface area contributed by atoms with Gasteiger partial charge in [-0.05, 0) is 36.8 Å². The number of anilines is 1. The third kappa shape index (κ3) is 6.40. The number of benzene rings is 2. The Hall–Kier alpha value is -3.07. The van der Waals surface area contributed by atoms with Crippen molar-refractivity contribution in [2.45, 2.75) is 19.6 Å². The van der Waals surface area contributed by atoms with Crippen molar-refractivity contribution in [2.24, 2.45) is 0 Å². The largest absolute Gasteiger partial charge is 0.416 e. The number of carbonyl (C=O) groups is 1. The van der Waals surface area contributed by atoms with Gasteiger partial charge in [0.05, 0.1) is 30.5 Å². The first-order valence-corrected chi connectivity index (χ1v) is 13.4. The first kappa shape index (κ1) is 30.9. The van der Waals surface area contributed by atoms with Crippen LogP contribution in [0.5, 0.6) is 0 Å². The molecular weight excluding hydrogens is 600 g/mol. The highest BCUT2D eigenvalue weighted by Crippen LogP contribution is 2.37. The Labute approximate surface area is 251 Å². The summed E-state index contributed by atoms with van der Waals surface area (Å²) in [6.45, 7) is 5.36. The average Bonchev–Trinajstić information content (AvgIpc) is 3.34. The van der Waals surface area contributed by atoms with Crippen LogP contribution in [0.25, 0.3) is 5.70 Å². The monoisotopic (exact) mass is 624 g/mol. The fraction of sp³-hybridized carbons (Fsp3) is 0.321. The fourth-order valence-corrected chi connectivity index (χ4v) is 5.64. The van der Waals surface area contributed by atoms with Crippen molar-refractivity contribution in [3.63, 3.8) is 0 Å². The molecule has 1 aromatic heterocycles. The van der Waals surface area contributed by atoms with E-state index in [-0.39, 0.29) is 42.8 Å². The number of halogens is 6. The lowest BCUT2D eigenvalue weighted by Gasteiger charge is -2.36. The lowest BCUT2D eigenvalue weighted by atomic mass is 10.0. The molecule has 2 aliphatic heterocycles. The fourth-order valence-electron chi connectivity index (χ4n) is 5.12. The Morgan fingerprint density at radius 2 is 1.68 bits per heavy atom. The summed E-state index contributed by atoms with van der Waals surface area (Å²) < 4.78 is 41.6. The second-order valence-corrected chi connectivity index (χ2v) is 10.7. The zero-order chi connectivity index (χ0) is 28.6. The van der Waals surface area contributed by atoms with Crippen LogP contribution in [0.1, 0.15) is 29.2 Å². The van der Waals surface area contributed by atoms with Crippen LogP contribution in [-0.2, 0) is 17.5 Å². The van der Waals surface area contributed by atoms with Crippen molar-refractivity contribution in [1.82, 2.24) is 19.6 Å². The summed E-state index contributed by atoms with van der Waals surface area (Å²) in [6, 6.07) is 12.5. The van der Waals surface area contributed by atoms with Gasteiger partial charge in [-0.3, -0.25) is 19.5 Å². The maximum absolute atomic E-state index is 13.5. The number of nitrogens with zero attached hydrogens (tertiary/aromatic N) is 6. The van der Waals surface area contributed by atoms with E-state index in [1.165, 1.54) is 21.8 Å². The molecule has 0 spiro atoms. The van der Waals surface area contributed by atoms with E-state index >= 15 is 0 Å². The number of rotatable bonds is 5. The van der Waals surface area contributed by atoms with Gasteiger partial charge in [0.25, 0.3) is 0 Å². The first-order valence-electron chi connectivity index (χ1n) is 12.6. The molecule has 0 radical (unpaired) electrons. The van der Waals surface area contributed by atoms with E-state index in [4.69, 9.17) is 23.2 Å². The number of carbonyl (C=O) groups excluding carboxylic acids is 1. The summed E-state index contributed by atoms with van der Waals surface area (Å²) in [5, 5.41) is 15.3. The van der Waals surface area contributed by atoms with Crippen LogP contribution in [0, 0.1) is 11.3 Å². The molecule has 7 nitrogen and oxygen atoms in total. The Balaban J connectivity index is 0.00000387. The predicted molar refractivity (Wildman–Crippen MR) is 154 cm³/mol. The highest BCUT2D eigenvalue weighted by atomic mass is 35.5. The van der Waals surface area contributed by atoms with Gasteiger partial charge >= 0.3 is 6.18 Å². The van der Waals surface area contributed by atoms with Crippen LogP contribution < -0.4 is 4.90 Å². The third-order valence-electron chi connectivity index (χ3n) is 7.16. The van der Waals surface area contributed by atoms with Gasteiger partial charge in [0.15, 0.2) is 5.82 Å². The molecule has 1 amide bonds. The normalized spacial score (nSPS) is 16.3. The van der Waals surface area contributed by atoms with Crippen molar-refractivity contribution in [2.75, 3.05) is 44.2 Å². The molecule has 5 rings (SSSR count). The molecule has 0 unspecified atom stereocenters. The molecule has 2 aliphatic rings. The molecular formula is C28H26Cl3F3N6O. The quantitative estimate of drug-likeness (QED) is 0.351. The Morgan fingerprint density at radius 3 is 2.32 bits per heavy atom. The topological polar surface area (TPSA) is 68.4 Å². The Morgan fingerprint density at radius 1 is 1.05 bits per heavy atom. The number of hydrogen-bond donors (Lipinski definition) is 0. The van der Waals surface area contributed by atoms with Crippen LogP contribution in [0.2, 0.25) is 10.0 Å². The lowest BCUT2D eigenvalue weighted by Crippen LogP contribution is -2.50. The molecule has 0 N–H and O–H groups in total. The van der Waals surface area contributed by atoms with E-state index in [1.54, 1.807) is 13.0 Å². The molecule has 3 aromatic rings. The van der Waals surface area contributed by atoms with Gasteiger partial charge in [-0.2, -0.15) is 23.5 Å². The van der Waals surface area contributed by atoms with Crippen molar-refractivity contribution in [3.8, 4) is 6.07 Å². The van der Waals surface area contributed by atoms with Crippen molar-refractivity contribution < 1.29 is 18.0 Å². The lowest BCUT2D eigenvalue weighted by molar-refractivity contribution is -0.137. The van der Waals surface area contributed by atoms with Crippen molar-refractivity contribution >= 4 is 53.0 Å². The van der Waals surface area contributed by atoms with Gasteiger partial charge in [-0.1, -0.05) is 41.4 Å². The highest BCUT2D eigenvalue weighted by molar-refractivity contribution is 6.35. The summed E-state index contributed by atoms with van der Waals surface area (Å²) >= 11 is 12.6. The standard InChI is InChI=1S/C28H25Cl2F3N6O.ClH/c1-18-15-38(25(40)17-37-10-8-36(9-11-37)16-22-23(29)6-3-7-24(22)30)27-20(13-34)14-35-39(27)26(18)19-4-2-5-21(12-19)28(31,32)33;/h2-7,12,14H,8-11,15-17H2,1H3;1H. The second kappa shape index (κ2) is 12.4. The minimum Gasteiger partial charge on any atom is -0.296 e.